The maximum Gasteiger partial charge on any atom is 0.243 e. The molecule has 1 unspecified atom stereocenters. The Kier molecular flexibility index (Phi) is 5.69. The van der Waals surface area contributed by atoms with Crippen LogP contribution in [0.4, 0.5) is 0 Å². The van der Waals surface area contributed by atoms with Crippen LogP contribution in [0.2, 0.25) is 0 Å². The molecule has 5 rings (SSSR count). The highest BCUT2D eigenvalue weighted by Crippen LogP contribution is 2.44. The molecule has 29 heavy (non-hydrogen) atoms. The summed E-state index contributed by atoms with van der Waals surface area (Å²) in [4.78, 5) is 9.76. The van der Waals surface area contributed by atoms with E-state index in [0.717, 1.165) is 42.9 Å². The highest BCUT2D eigenvalue weighted by Gasteiger charge is 2.36. The lowest BCUT2D eigenvalue weighted by atomic mass is 9.71. The fraction of sp³-hybridized carbons (Fsp3) is 0.667. The molecule has 5 nitrogen and oxygen atoms in total. The first-order chi connectivity index (χ1) is 14.3. The summed E-state index contributed by atoms with van der Waals surface area (Å²) in [5.74, 6) is 3.22. The molecule has 1 saturated carbocycles. The lowest BCUT2D eigenvalue weighted by molar-refractivity contribution is 0.132. The van der Waals surface area contributed by atoms with E-state index in [-0.39, 0.29) is 0 Å². The number of hydrogen-bond donors (Lipinski definition) is 0. The molecule has 1 atom stereocenters. The summed E-state index contributed by atoms with van der Waals surface area (Å²) in [5.41, 5.74) is 3.01. The number of hydrogen-bond acceptors (Lipinski definition) is 5. The number of nitrogens with zero attached hydrogens (tertiary/aromatic N) is 4. The van der Waals surface area contributed by atoms with Crippen LogP contribution in [0.3, 0.4) is 0 Å². The lowest BCUT2D eigenvalue weighted by Crippen LogP contribution is -2.35. The molecule has 3 aliphatic rings. The van der Waals surface area contributed by atoms with E-state index in [4.69, 9.17) is 4.52 Å². The molecule has 2 aliphatic heterocycles. The SMILES string of the molecule is CCc1noc(C2CCCN2CC2CC(c3ccc(CN4CCCC4)cc3)C2)n1. The molecule has 1 aromatic heterocycles. The van der Waals surface area contributed by atoms with Gasteiger partial charge in [0.05, 0.1) is 6.04 Å². The van der Waals surface area contributed by atoms with Crippen molar-refractivity contribution in [1.29, 1.82) is 0 Å². The van der Waals surface area contributed by atoms with Crippen LogP contribution < -0.4 is 0 Å². The first-order valence-corrected chi connectivity index (χ1v) is 11.7. The van der Waals surface area contributed by atoms with Gasteiger partial charge in [-0.25, -0.2) is 0 Å². The molecule has 1 aromatic carbocycles. The van der Waals surface area contributed by atoms with E-state index >= 15 is 0 Å². The van der Waals surface area contributed by atoms with E-state index in [2.05, 4.69) is 51.1 Å². The molecule has 0 amide bonds. The van der Waals surface area contributed by atoms with Crippen molar-refractivity contribution in [3.8, 4) is 0 Å². The van der Waals surface area contributed by atoms with Gasteiger partial charge in [-0.05, 0) is 81.1 Å². The van der Waals surface area contributed by atoms with Gasteiger partial charge in [0.15, 0.2) is 5.82 Å². The first kappa shape index (κ1) is 19.3. The second kappa shape index (κ2) is 8.57. The number of likely N-dealkylation sites (tertiary alicyclic amines) is 2. The van der Waals surface area contributed by atoms with Crippen LogP contribution in [0.25, 0.3) is 0 Å². The highest BCUT2D eigenvalue weighted by molar-refractivity contribution is 5.27. The molecule has 3 heterocycles. The monoisotopic (exact) mass is 394 g/mol. The zero-order valence-corrected chi connectivity index (χ0v) is 17.7. The van der Waals surface area contributed by atoms with Crippen LogP contribution in [-0.2, 0) is 13.0 Å². The van der Waals surface area contributed by atoms with E-state index in [9.17, 15) is 0 Å². The molecule has 0 spiro atoms. The smallest absolute Gasteiger partial charge is 0.243 e. The molecular weight excluding hydrogens is 360 g/mol. The van der Waals surface area contributed by atoms with E-state index < -0.39 is 0 Å². The molecular formula is C24H34N4O. The zero-order valence-electron chi connectivity index (χ0n) is 17.7. The van der Waals surface area contributed by atoms with Gasteiger partial charge in [-0.1, -0.05) is 36.3 Å². The third-order valence-corrected chi connectivity index (χ3v) is 7.23. The van der Waals surface area contributed by atoms with Crippen molar-refractivity contribution in [2.24, 2.45) is 5.92 Å². The number of rotatable bonds is 7. The molecule has 2 saturated heterocycles. The lowest BCUT2D eigenvalue weighted by Gasteiger charge is -2.39. The Morgan fingerprint density at radius 2 is 1.83 bits per heavy atom. The van der Waals surface area contributed by atoms with Gasteiger partial charge >= 0.3 is 0 Å². The quantitative estimate of drug-likeness (QED) is 0.689. The Labute approximate surface area is 174 Å². The predicted octanol–water partition coefficient (Wildman–Crippen LogP) is 4.56. The van der Waals surface area contributed by atoms with Crippen molar-refractivity contribution < 1.29 is 4.52 Å². The average molecular weight is 395 g/mol. The maximum absolute atomic E-state index is 5.55. The third kappa shape index (κ3) is 4.26. The van der Waals surface area contributed by atoms with Crippen molar-refractivity contribution in [1.82, 2.24) is 19.9 Å². The Morgan fingerprint density at radius 1 is 1.03 bits per heavy atom. The van der Waals surface area contributed by atoms with Crippen LogP contribution in [-0.4, -0.2) is 46.1 Å². The van der Waals surface area contributed by atoms with Gasteiger partial charge in [0.25, 0.3) is 0 Å². The normalized spacial score (nSPS) is 28.1. The van der Waals surface area contributed by atoms with Crippen molar-refractivity contribution in [2.45, 2.75) is 70.4 Å². The van der Waals surface area contributed by atoms with Gasteiger partial charge in [0, 0.05) is 19.5 Å². The molecule has 2 aromatic rings. The molecule has 5 heteroatoms. The van der Waals surface area contributed by atoms with Gasteiger partial charge in [0.2, 0.25) is 5.89 Å². The minimum atomic E-state index is 0.340. The van der Waals surface area contributed by atoms with Crippen molar-refractivity contribution in [3.63, 3.8) is 0 Å². The standard InChI is InChI=1S/C24H34N4O/c1-2-23-25-24(29-26-23)22-6-5-13-28(22)17-19-14-21(15-19)20-9-7-18(8-10-20)16-27-11-3-4-12-27/h7-10,19,21-22H,2-6,11-17H2,1H3. The summed E-state index contributed by atoms with van der Waals surface area (Å²) in [6.07, 6.45) is 8.61. The molecule has 0 bridgehead atoms. The van der Waals surface area contributed by atoms with Gasteiger partial charge in [-0.2, -0.15) is 4.98 Å². The molecule has 0 N–H and O–H groups in total. The van der Waals surface area contributed by atoms with Crippen LogP contribution in [0.5, 0.6) is 0 Å². The second-order valence-corrected chi connectivity index (χ2v) is 9.31. The summed E-state index contributed by atoms with van der Waals surface area (Å²) in [7, 11) is 0. The van der Waals surface area contributed by atoms with Gasteiger partial charge in [-0.3, -0.25) is 9.80 Å². The number of benzene rings is 1. The van der Waals surface area contributed by atoms with E-state index in [1.165, 1.54) is 69.4 Å². The van der Waals surface area contributed by atoms with E-state index in [1.54, 1.807) is 0 Å². The Hall–Kier alpha value is -1.72. The summed E-state index contributed by atoms with van der Waals surface area (Å²) in [5, 5.41) is 4.10. The van der Waals surface area contributed by atoms with Gasteiger partial charge in [0.1, 0.15) is 0 Å². The summed E-state index contributed by atoms with van der Waals surface area (Å²) >= 11 is 0. The zero-order chi connectivity index (χ0) is 19.6. The van der Waals surface area contributed by atoms with Gasteiger partial charge < -0.3 is 4.52 Å². The first-order valence-electron chi connectivity index (χ1n) is 11.7. The second-order valence-electron chi connectivity index (χ2n) is 9.31. The fourth-order valence-electron chi connectivity index (χ4n) is 5.45. The fourth-order valence-corrected chi connectivity index (χ4v) is 5.45. The van der Waals surface area contributed by atoms with Crippen LogP contribution in [0.1, 0.15) is 80.3 Å². The average Bonchev–Trinajstić information content (AvgIpc) is 3.46. The maximum atomic E-state index is 5.55. The van der Waals surface area contributed by atoms with Crippen molar-refractivity contribution >= 4 is 0 Å². The summed E-state index contributed by atoms with van der Waals surface area (Å²) < 4.78 is 5.55. The van der Waals surface area contributed by atoms with Crippen LogP contribution in [0.15, 0.2) is 28.8 Å². The minimum Gasteiger partial charge on any atom is -0.338 e. The minimum absolute atomic E-state index is 0.340. The highest BCUT2D eigenvalue weighted by atomic mass is 16.5. The molecule has 156 valence electrons. The van der Waals surface area contributed by atoms with E-state index in [0.29, 0.717) is 6.04 Å². The van der Waals surface area contributed by atoms with Crippen molar-refractivity contribution in [2.75, 3.05) is 26.2 Å². The summed E-state index contributed by atoms with van der Waals surface area (Å²) in [6, 6.07) is 9.83. The molecule has 1 aliphatic carbocycles. The summed E-state index contributed by atoms with van der Waals surface area (Å²) in [6.45, 7) is 8.09. The van der Waals surface area contributed by atoms with Crippen LogP contribution >= 0.6 is 0 Å². The number of aromatic nitrogens is 2. The Bertz CT molecular complexity index is 789. The predicted molar refractivity (Wildman–Crippen MR) is 114 cm³/mol. The van der Waals surface area contributed by atoms with Crippen LogP contribution in [0, 0.1) is 5.92 Å². The molecule has 3 fully saturated rings. The number of aryl methyl sites for hydroxylation is 1. The molecule has 0 radical (unpaired) electrons. The topological polar surface area (TPSA) is 45.4 Å². The largest absolute Gasteiger partial charge is 0.338 e. The van der Waals surface area contributed by atoms with Gasteiger partial charge in [-0.15, -0.1) is 0 Å². The van der Waals surface area contributed by atoms with Crippen molar-refractivity contribution in [3.05, 3.63) is 47.1 Å². The van der Waals surface area contributed by atoms with E-state index in [1.807, 2.05) is 0 Å². The Morgan fingerprint density at radius 3 is 2.55 bits per heavy atom. The Balaban J connectivity index is 1.12. The third-order valence-electron chi connectivity index (χ3n) is 7.23.